The first-order chi connectivity index (χ1) is 10.5. The Hall–Kier alpha value is -2.44. The summed E-state index contributed by atoms with van der Waals surface area (Å²) in [5.41, 5.74) is 0.252. The van der Waals surface area contributed by atoms with Gasteiger partial charge in [-0.1, -0.05) is 12.1 Å². The van der Waals surface area contributed by atoms with Crippen molar-refractivity contribution in [2.75, 3.05) is 31.1 Å². The van der Waals surface area contributed by atoms with Crippen molar-refractivity contribution < 1.29 is 9.18 Å². The molecule has 7 heteroatoms. The maximum Gasteiger partial charge on any atom is 0.250 e. The van der Waals surface area contributed by atoms with Crippen LogP contribution in [-0.2, 0) is 0 Å². The van der Waals surface area contributed by atoms with Crippen LogP contribution in [0, 0.1) is 5.82 Å². The van der Waals surface area contributed by atoms with E-state index in [-0.39, 0.29) is 11.6 Å². The number of benzene rings is 1. The van der Waals surface area contributed by atoms with Crippen LogP contribution in [0.3, 0.4) is 0 Å². The number of nitrogens with zero attached hydrogens (tertiary/aromatic N) is 2. The minimum absolute atomic E-state index is 0.00315. The van der Waals surface area contributed by atoms with Crippen molar-refractivity contribution in [3.63, 3.8) is 0 Å². The van der Waals surface area contributed by atoms with Gasteiger partial charge in [-0.3, -0.25) is 14.4 Å². The molecule has 1 amide bonds. The van der Waals surface area contributed by atoms with Gasteiger partial charge in [0.15, 0.2) is 5.81 Å². The minimum atomic E-state index is -0.532. The molecule has 0 saturated carbocycles. The highest BCUT2D eigenvalue weighted by molar-refractivity contribution is 6.56. The van der Waals surface area contributed by atoms with Gasteiger partial charge in [0.1, 0.15) is 11.5 Å². The van der Waals surface area contributed by atoms with Gasteiger partial charge in [0.25, 0.3) is 0 Å². The Kier molecular flexibility index (Phi) is 3.56. The van der Waals surface area contributed by atoms with E-state index in [0.29, 0.717) is 43.0 Å². The standard InChI is InChI=1S/C15H14BFN2O3/c16-15(22)19-7-5-18(6-8-19)12-11(13(20)14(12)21)9-1-3-10(17)4-2-9/h1-4H,5-8,16H2. The molecule has 0 radical (unpaired) electrons. The lowest BCUT2D eigenvalue weighted by Gasteiger charge is -2.36. The Balaban J connectivity index is 1.89. The van der Waals surface area contributed by atoms with Crippen LogP contribution >= 0.6 is 0 Å². The zero-order valence-electron chi connectivity index (χ0n) is 12.1. The van der Waals surface area contributed by atoms with E-state index in [4.69, 9.17) is 0 Å². The zero-order chi connectivity index (χ0) is 15.9. The number of hydrogen-bond acceptors (Lipinski definition) is 4. The predicted octanol–water partition coefficient (Wildman–Crippen LogP) is -0.0362. The summed E-state index contributed by atoms with van der Waals surface area (Å²) < 4.78 is 13.0. The van der Waals surface area contributed by atoms with Gasteiger partial charge in [-0.15, -0.1) is 0 Å². The molecule has 3 rings (SSSR count). The average Bonchev–Trinajstić information content (AvgIpc) is 2.53. The van der Waals surface area contributed by atoms with E-state index in [0.717, 1.165) is 0 Å². The molecule has 112 valence electrons. The number of anilines is 1. The van der Waals surface area contributed by atoms with Crippen molar-refractivity contribution in [1.29, 1.82) is 0 Å². The number of carbonyl (C=O) groups is 1. The molecule has 2 aromatic carbocycles. The molecule has 0 unspecified atom stereocenters. The number of halogens is 1. The van der Waals surface area contributed by atoms with Crippen LogP contribution in [0.5, 0.6) is 0 Å². The van der Waals surface area contributed by atoms with Crippen LogP contribution in [0.4, 0.5) is 14.9 Å². The summed E-state index contributed by atoms with van der Waals surface area (Å²) in [7, 11) is 1.51. The van der Waals surface area contributed by atoms with Gasteiger partial charge in [0.05, 0.1) is 5.56 Å². The lowest BCUT2D eigenvalue weighted by Crippen LogP contribution is -2.52. The molecule has 2 aromatic rings. The van der Waals surface area contributed by atoms with Gasteiger partial charge in [0.2, 0.25) is 18.7 Å². The molecular formula is C15H14BFN2O3. The largest absolute Gasteiger partial charge is 0.364 e. The Bertz CT molecular complexity index is 788. The molecule has 0 atom stereocenters. The van der Waals surface area contributed by atoms with E-state index in [1.165, 1.54) is 32.1 Å². The van der Waals surface area contributed by atoms with Crippen LogP contribution in [0.1, 0.15) is 0 Å². The lowest BCUT2D eigenvalue weighted by atomic mass is 9.97. The zero-order valence-corrected chi connectivity index (χ0v) is 12.1. The van der Waals surface area contributed by atoms with Crippen molar-refractivity contribution >= 4 is 19.3 Å². The summed E-state index contributed by atoms with van der Waals surface area (Å²) in [5.74, 6) is -0.387. The lowest BCUT2D eigenvalue weighted by molar-refractivity contribution is 0.218. The summed E-state index contributed by atoms with van der Waals surface area (Å²) in [4.78, 5) is 38.7. The van der Waals surface area contributed by atoms with E-state index in [2.05, 4.69) is 0 Å². The Morgan fingerprint density at radius 1 is 1.00 bits per heavy atom. The molecule has 1 heterocycles. The van der Waals surface area contributed by atoms with Crippen LogP contribution in [0.25, 0.3) is 11.1 Å². The van der Waals surface area contributed by atoms with Crippen molar-refractivity contribution in [2.24, 2.45) is 0 Å². The van der Waals surface area contributed by atoms with E-state index in [1.54, 1.807) is 4.90 Å². The highest BCUT2D eigenvalue weighted by Crippen LogP contribution is 2.27. The maximum atomic E-state index is 13.0. The average molecular weight is 300 g/mol. The second-order valence-electron chi connectivity index (χ2n) is 5.38. The monoisotopic (exact) mass is 300 g/mol. The molecule has 22 heavy (non-hydrogen) atoms. The summed E-state index contributed by atoms with van der Waals surface area (Å²) >= 11 is 0. The summed E-state index contributed by atoms with van der Waals surface area (Å²) in [6, 6.07) is 5.54. The Labute approximate surface area is 127 Å². The number of amides is 1. The SMILES string of the molecule is BC(=O)N1CCN(c2c(-c3ccc(F)cc3)c(=O)c2=O)CC1. The number of hydrogen-bond donors (Lipinski definition) is 0. The molecule has 0 bridgehead atoms. The van der Waals surface area contributed by atoms with Gasteiger partial charge >= 0.3 is 0 Å². The molecular weight excluding hydrogens is 286 g/mol. The van der Waals surface area contributed by atoms with Gasteiger partial charge in [-0.05, 0) is 17.7 Å². The fourth-order valence-electron chi connectivity index (χ4n) is 2.81. The molecule has 0 aliphatic carbocycles. The first kappa shape index (κ1) is 14.5. The van der Waals surface area contributed by atoms with E-state index in [1.807, 2.05) is 4.90 Å². The van der Waals surface area contributed by atoms with Crippen molar-refractivity contribution in [2.45, 2.75) is 0 Å². The minimum Gasteiger partial charge on any atom is -0.364 e. The highest BCUT2D eigenvalue weighted by Gasteiger charge is 2.29. The smallest absolute Gasteiger partial charge is 0.250 e. The maximum absolute atomic E-state index is 13.0. The third-order valence-corrected chi connectivity index (χ3v) is 4.06. The van der Waals surface area contributed by atoms with Gasteiger partial charge in [0, 0.05) is 26.2 Å². The summed E-state index contributed by atoms with van der Waals surface area (Å²) in [6.45, 7) is 2.07. The molecule has 0 aromatic heterocycles. The van der Waals surface area contributed by atoms with Crippen molar-refractivity contribution in [1.82, 2.24) is 4.90 Å². The molecule has 1 aliphatic rings. The molecule has 5 nitrogen and oxygen atoms in total. The number of rotatable bonds is 2. The summed E-state index contributed by atoms with van der Waals surface area (Å²) in [6.07, 6.45) is 0. The van der Waals surface area contributed by atoms with Gasteiger partial charge in [-0.2, -0.15) is 0 Å². The second-order valence-corrected chi connectivity index (χ2v) is 5.38. The van der Waals surface area contributed by atoms with Crippen LogP contribution in [-0.4, -0.2) is 44.7 Å². The van der Waals surface area contributed by atoms with E-state index >= 15 is 0 Å². The normalized spacial score (nSPS) is 15.3. The van der Waals surface area contributed by atoms with Crippen LogP contribution in [0.2, 0.25) is 0 Å². The second kappa shape index (κ2) is 5.40. The van der Waals surface area contributed by atoms with Crippen molar-refractivity contribution in [3.8, 4) is 11.1 Å². The van der Waals surface area contributed by atoms with Crippen molar-refractivity contribution in [3.05, 3.63) is 50.5 Å². The molecule has 1 aliphatic heterocycles. The van der Waals surface area contributed by atoms with Crippen LogP contribution in [0.15, 0.2) is 33.9 Å². The van der Waals surface area contributed by atoms with Gasteiger partial charge < -0.3 is 9.80 Å². The summed E-state index contributed by atoms with van der Waals surface area (Å²) in [5, 5.41) is 0. The van der Waals surface area contributed by atoms with E-state index in [9.17, 15) is 18.8 Å². The first-order valence-corrected chi connectivity index (χ1v) is 7.08. The van der Waals surface area contributed by atoms with E-state index < -0.39 is 10.9 Å². The molecule has 1 fully saturated rings. The third-order valence-electron chi connectivity index (χ3n) is 4.06. The van der Waals surface area contributed by atoms with Crippen LogP contribution < -0.4 is 15.8 Å². The molecule has 0 N–H and O–H groups in total. The number of carbonyl (C=O) groups excluding carboxylic acids is 1. The third kappa shape index (κ3) is 2.32. The fourth-order valence-corrected chi connectivity index (χ4v) is 2.81. The Morgan fingerprint density at radius 2 is 1.59 bits per heavy atom. The Morgan fingerprint density at radius 3 is 2.14 bits per heavy atom. The first-order valence-electron chi connectivity index (χ1n) is 7.08. The van der Waals surface area contributed by atoms with Gasteiger partial charge in [-0.25, -0.2) is 4.39 Å². The molecule has 1 saturated heterocycles. The topological polar surface area (TPSA) is 57.7 Å². The highest BCUT2D eigenvalue weighted by atomic mass is 19.1. The fraction of sp³-hybridized carbons (Fsp3) is 0.267. The predicted molar refractivity (Wildman–Crippen MR) is 84.5 cm³/mol. The quantitative estimate of drug-likeness (QED) is 0.577. The number of piperazine rings is 1. The molecule has 0 spiro atoms.